The monoisotopic (exact) mass is 317 g/mol. The van der Waals surface area contributed by atoms with E-state index in [-0.39, 0.29) is 18.9 Å². The van der Waals surface area contributed by atoms with Gasteiger partial charge in [-0.25, -0.2) is 13.9 Å². The van der Waals surface area contributed by atoms with Gasteiger partial charge in [0.05, 0.1) is 12.2 Å². The largest absolute Gasteiger partial charge is 0.479 e. The lowest BCUT2D eigenvalue weighted by molar-refractivity contribution is -0.149. The number of alkyl halides is 1. The van der Waals surface area contributed by atoms with Crippen LogP contribution >= 0.6 is 0 Å². The van der Waals surface area contributed by atoms with Gasteiger partial charge in [-0.1, -0.05) is 0 Å². The summed E-state index contributed by atoms with van der Waals surface area (Å²) < 4.78 is 15.8. The van der Waals surface area contributed by atoms with Gasteiger partial charge in [0.1, 0.15) is 0 Å². The van der Waals surface area contributed by atoms with Gasteiger partial charge in [-0.2, -0.15) is 5.10 Å². The summed E-state index contributed by atoms with van der Waals surface area (Å²) in [5.74, 6) is -1.88. The molecule has 23 heavy (non-hydrogen) atoms. The number of amides is 1. The maximum absolute atomic E-state index is 14.1. The lowest BCUT2D eigenvalue weighted by Crippen LogP contribution is -2.38. The van der Waals surface area contributed by atoms with Crippen LogP contribution in [-0.2, 0) is 4.79 Å². The number of carboxylic acid groups (broad SMARTS) is 1. The molecule has 6 nitrogen and oxygen atoms in total. The summed E-state index contributed by atoms with van der Waals surface area (Å²) in [5, 5.41) is 13.1. The molecule has 0 spiro atoms. The number of hydrogen-bond donors (Lipinski definition) is 1. The predicted octanol–water partition coefficient (Wildman–Crippen LogP) is 1.82. The number of carboxylic acids is 1. The van der Waals surface area contributed by atoms with Crippen molar-refractivity contribution in [3.05, 3.63) is 47.8 Å². The van der Waals surface area contributed by atoms with Crippen LogP contribution in [0.2, 0.25) is 0 Å². The molecule has 7 heteroatoms. The second-order valence-corrected chi connectivity index (χ2v) is 5.68. The fourth-order valence-electron chi connectivity index (χ4n) is 2.69. The normalized spacial score (nSPS) is 20.7. The van der Waals surface area contributed by atoms with E-state index in [9.17, 15) is 14.0 Å². The first-order chi connectivity index (χ1) is 10.9. The summed E-state index contributed by atoms with van der Waals surface area (Å²) >= 11 is 0. The number of carbonyl (C=O) groups excluding carboxylic acids is 1. The molecule has 1 amide bonds. The van der Waals surface area contributed by atoms with Crippen LogP contribution in [0.15, 0.2) is 36.5 Å². The molecule has 1 atom stereocenters. The first kappa shape index (κ1) is 15.2. The first-order valence-corrected chi connectivity index (χ1v) is 7.23. The van der Waals surface area contributed by atoms with E-state index < -0.39 is 18.2 Å². The van der Waals surface area contributed by atoms with E-state index in [0.717, 1.165) is 11.4 Å². The topological polar surface area (TPSA) is 75.4 Å². The van der Waals surface area contributed by atoms with Gasteiger partial charge in [0.2, 0.25) is 5.67 Å². The molecule has 0 aliphatic carbocycles. The minimum absolute atomic E-state index is 0.0989. The smallest absolute Gasteiger partial charge is 0.343 e. The molecule has 1 fully saturated rings. The van der Waals surface area contributed by atoms with Crippen molar-refractivity contribution in [2.75, 3.05) is 13.1 Å². The van der Waals surface area contributed by atoms with Crippen LogP contribution in [0.1, 0.15) is 22.5 Å². The Labute approximate surface area is 132 Å². The average Bonchev–Trinajstić information content (AvgIpc) is 3.14. The first-order valence-electron chi connectivity index (χ1n) is 7.23. The molecule has 0 radical (unpaired) electrons. The molecule has 1 aromatic carbocycles. The Morgan fingerprint density at radius 3 is 2.48 bits per heavy atom. The van der Waals surface area contributed by atoms with Crippen LogP contribution in [0.5, 0.6) is 0 Å². The van der Waals surface area contributed by atoms with Crippen LogP contribution in [0.25, 0.3) is 5.69 Å². The number of rotatable bonds is 3. The number of hydrogen-bond acceptors (Lipinski definition) is 3. The quantitative estimate of drug-likeness (QED) is 0.937. The number of nitrogens with zero attached hydrogens (tertiary/aromatic N) is 3. The zero-order chi connectivity index (χ0) is 16.6. The summed E-state index contributed by atoms with van der Waals surface area (Å²) in [6, 6.07) is 8.65. The molecule has 2 heterocycles. The van der Waals surface area contributed by atoms with Crippen molar-refractivity contribution in [3.63, 3.8) is 0 Å². The summed E-state index contributed by atoms with van der Waals surface area (Å²) in [7, 11) is 0. The Balaban J connectivity index is 1.77. The van der Waals surface area contributed by atoms with Gasteiger partial charge in [0.25, 0.3) is 5.91 Å². The number of aromatic nitrogens is 2. The van der Waals surface area contributed by atoms with Crippen LogP contribution in [0.3, 0.4) is 0 Å². The van der Waals surface area contributed by atoms with Crippen LogP contribution in [0.4, 0.5) is 4.39 Å². The minimum Gasteiger partial charge on any atom is -0.479 e. The maximum atomic E-state index is 14.1. The SMILES string of the molecule is Cc1ccnn1-c1ccc(C(=O)N2CCC(F)(C(=O)O)C2)cc1. The van der Waals surface area contributed by atoms with Gasteiger partial charge in [-0.15, -0.1) is 0 Å². The average molecular weight is 317 g/mol. The van der Waals surface area contributed by atoms with Crippen molar-refractivity contribution in [2.45, 2.75) is 19.0 Å². The third kappa shape index (κ3) is 2.69. The maximum Gasteiger partial charge on any atom is 0.343 e. The number of likely N-dealkylation sites (tertiary alicyclic amines) is 1. The number of benzene rings is 1. The van der Waals surface area contributed by atoms with E-state index in [0.29, 0.717) is 5.56 Å². The van der Waals surface area contributed by atoms with Crippen molar-refractivity contribution in [1.82, 2.24) is 14.7 Å². The van der Waals surface area contributed by atoms with Gasteiger partial charge < -0.3 is 10.0 Å². The highest BCUT2D eigenvalue weighted by Gasteiger charge is 2.46. The highest BCUT2D eigenvalue weighted by atomic mass is 19.1. The van der Waals surface area contributed by atoms with Crippen molar-refractivity contribution >= 4 is 11.9 Å². The van der Waals surface area contributed by atoms with Gasteiger partial charge >= 0.3 is 5.97 Å². The molecule has 120 valence electrons. The van der Waals surface area contributed by atoms with E-state index in [2.05, 4.69) is 5.10 Å². The highest BCUT2D eigenvalue weighted by molar-refractivity contribution is 5.95. The van der Waals surface area contributed by atoms with Crippen LogP contribution < -0.4 is 0 Å². The molecule has 0 bridgehead atoms. The summed E-state index contributed by atoms with van der Waals surface area (Å²) in [4.78, 5) is 24.5. The molecule has 1 aliphatic rings. The Kier molecular flexibility index (Phi) is 3.63. The number of aryl methyl sites for hydroxylation is 1. The Morgan fingerprint density at radius 1 is 1.26 bits per heavy atom. The van der Waals surface area contributed by atoms with Crippen molar-refractivity contribution < 1.29 is 19.1 Å². The summed E-state index contributed by atoms with van der Waals surface area (Å²) in [5.41, 5.74) is -0.168. The lowest BCUT2D eigenvalue weighted by atomic mass is 10.1. The Bertz CT molecular complexity index is 756. The number of halogens is 1. The predicted molar refractivity (Wildman–Crippen MR) is 80.3 cm³/mol. The van der Waals surface area contributed by atoms with E-state index in [1.54, 1.807) is 35.1 Å². The van der Waals surface area contributed by atoms with Crippen molar-refractivity contribution in [2.24, 2.45) is 0 Å². The standard InChI is InChI=1S/C16H16FN3O3/c1-11-6-8-18-20(11)13-4-2-12(3-5-13)14(21)19-9-7-16(17,10-19)15(22)23/h2-6,8H,7,9-10H2,1H3,(H,22,23). The van der Waals surface area contributed by atoms with E-state index in [1.165, 1.54) is 4.90 Å². The third-order valence-electron chi connectivity index (χ3n) is 4.08. The van der Waals surface area contributed by atoms with Crippen molar-refractivity contribution in [1.29, 1.82) is 0 Å². The molecular weight excluding hydrogens is 301 g/mol. The van der Waals surface area contributed by atoms with Gasteiger partial charge in [-0.3, -0.25) is 4.79 Å². The zero-order valence-electron chi connectivity index (χ0n) is 12.6. The van der Waals surface area contributed by atoms with Crippen LogP contribution in [0, 0.1) is 6.92 Å². The van der Waals surface area contributed by atoms with E-state index >= 15 is 0 Å². The number of aliphatic carboxylic acids is 1. The molecule has 1 aliphatic heterocycles. The van der Waals surface area contributed by atoms with Crippen molar-refractivity contribution in [3.8, 4) is 5.69 Å². The fourth-order valence-corrected chi connectivity index (χ4v) is 2.69. The lowest BCUT2D eigenvalue weighted by Gasteiger charge is -2.18. The van der Waals surface area contributed by atoms with E-state index in [4.69, 9.17) is 5.11 Å². The van der Waals surface area contributed by atoms with Crippen LogP contribution in [-0.4, -0.2) is 50.4 Å². The Hall–Kier alpha value is -2.70. The zero-order valence-corrected chi connectivity index (χ0v) is 12.6. The molecule has 1 N–H and O–H groups in total. The second-order valence-electron chi connectivity index (χ2n) is 5.68. The molecule has 1 unspecified atom stereocenters. The molecule has 1 aromatic heterocycles. The molecule has 1 saturated heterocycles. The highest BCUT2D eigenvalue weighted by Crippen LogP contribution is 2.27. The summed E-state index contributed by atoms with van der Waals surface area (Å²) in [6.07, 6.45) is 1.50. The van der Waals surface area contributed by atoms with Gasteiger partial charge in [0, 0.05) is 30.4 Å². The number of carbonyl (C=O) groups is 2. The minimum atomic E-state index is -2.35. The molecular formula is C16H16FN3O3. The van der Waals surface area contributed by atoms with Gasteiger partial charge in [-0.05, 0) is 37.3 Å². The van der Waals surface area contributed by atoms with Gasteiger partial charge in [0.15, 0.2) is 0 Å². The summed E-state index contributed by atoms with van der Waals surface area (Å²) in [6.45, 7) is 1.60. The third-order valence-corrected chi connectivity index (χ3v) is 4.08. The second kappa shape index (κ2) is 5.49. The Morgan fingerprint density at radius 2 is 1.96 bits per heavy atom. The molecule has 2 aromatic rings. The molecule has 3 rings (SSSR count). The molecule has 0 saturated carbocycles. The fraction of sp³-hybridized carbons (Fsp3) is 0.312. The van der Waals surface area contributed by atoms with E-state index in [1.807, 2.05) is 13.0 Å².